The zero-order valence-electron chi connectivity index (χ0n) is 25.8. The first-order valence-corrected chi connectivity index (χ1v) is 17.6. The van der Waals surface area contributed by atoms with Crippen LogP contribution >= 0.6 is 46.3 Å². The molecule has 0 spiro atoms. The highest BCUT2D eigenvalue weighted by Crippen LogP contribution is 2.46. The standard InChI is InChI=1S/C34H31Cl2N3O6S2/c1-4-12-44-26-11-7-19(15-27(26)43-5-2)29-28(30(40)20-8-10-25-22(14-20)13-18(3)45-25)31(41)32(42)39(29)33-37-38-34(47-33)46-17-21-6-9-23(35)16-24(21)36/h6-11,14-16,18,29,40H,4-5,12-13,17H2,1-3H3/b30-28+. The maximum absolute atomic E-state index is 13.8. The molecule has 0 radical (unpaired) electrons. The summed E-state index contributed by atoms with van der Waals surface area (Å²) >= 11 is 15.0. The predicted octanol–water partition coefficient (Wildman–Crippen LogP) is 8.27. The van der Waals surface area contributed by atoms with E-state index in [1.807, 2.05) is 26.8 Å². The van der Waals surface area contributed by atoms with E-state index in [0.717, 1.165) is 23.3 Å². The minimum absolute atomic E-state index is 0.00131. The molecule has 0 bridgehead atoms. The van der Waals surface area contributed by atoms with Gasteiger partial charge in [-0.1, -0.05) is 65.4 Å². The van der Waals surface area contributed by atoms with Gasteiger partial charge in [-0.05, 0) is 79.4 Å². The van der Waals surface area contributed by atoms with Crippen LogP contribution in [-0.4, -0.2) is 46.3 Å². The van der Waals surface area contributed by atoms with E-state index in [-0.39, 0.29) is 22.6 Å². The van der Waals surface area contributed by atoms with Crippen LogP contribution in [-0.2, 0) is 21.8 Å². The summed E-state index contributed by atoms with van der Waals surface area (Å²) in [5.74, 6) is 0.267. The Kier molecular flexibility index (Phi) is 9.98. The van der Waals surface area contributed by atoms with Gasteiger partial charge in [-0.3, -0.25) is 14.5 Å². The van der Waals surface area contributed by atoms with Crippen LogP contribution < -0.4 is 19.1 Å². The maximum Gasteiger partial charge on any atom is 0.301 e. The minimum atomic E-state index is -1.02. The second kappa shape index (κ2) is 14.1. The predicted molar refractivity (Wildman–Crippen MR) is 184 cm³/mol. The fourth-order valence-corrected chi connectivity index (χ4v) is 7.93. The van der Waals surface area contributed by atoms with Gasteiger partial charge in [0, 0.05) is 27.8 Å². The van der Waals surface area contributed by atoms with Crippen LogP contribution in [0.5, 0.6) is 17.2 Å². The van der Waals surface area contributed by atoms with Crippen molar-refractivity contribution in [2.75, 3.05) is 18.1 Å². The highest BCUT2D eigenvalue weighted by molar-refractivity contribution is 8.00. The van der Waals surface area contributed by atoms with E-state index in [0.29, 0.717) is 62.4 Å². The molecule has 9 nitrogen and oxygen atoms in total. The molecule has 1 amide bonds. The third-order valence-corrected chi connectivity index (χ3v) is 10.3. The van der Waals surface area contributed by atoms with Crippen molar-refractivity contribution in [2.24, 2.45) is 0 Å². The van der Waals surface area contributed by atoms with Crippen LogP contribution in [0.25, 0.3) is 5.76 Å². The van der Waals surface area contributed by atoms with E-state index in [4.69, 9.17) is 37.4 Å². The van der Waals surface area contributed by atoms with Crippen LogP contribution in [0.15, 0.2) is 64.5 Å². The van der Waals surface area contributed by atoms with Gasteiger partial charge in [0.15, 0.2) is 15.8 Å². The summed E-state index contributed by atoms with van der Waals surface area (Å²) in [6.07, 6.45) is 1.47. The molecule has 2 aliphatic rings. The van der Waals surface area contributed by atoms with Crippen molar-refractivity contribution < 1.29 is 28.9 Å². The number of hydrogen-bond donors (Lipinski definition) is 1. The van der Waals surface area contributed by atoms with E-state index in [9.17, 15) is 14.7 Å². The number of nitrogens with zero attached hydrogens (tertiary/aromatic N) is 3. The zero-order valence-corrected chi connectivity index (χ0v) is 28.9. The molecule has 244 valence electrons. The molecule has 2 aliphatic heterocycles. The van der Waals surface area contributed by atoms with Gasteiger partial charge in [0.2, 0.25) is 5.13 Å². The third-order valence-electron chi connectivity index (χ3n) is 7.63. The van der Waals surface area contributed by atoms with Crippen LogP contribution in [0, 0.1) is 0 Å². The Morgan fingerprint density at radius 3 is 2.66 bits per heavy atom. The number of anilines is 1. The number of aliphatic hydroxyl groups excluding tert-OH is 1. The lowest BCUT2D eigenvalue weighted by Gasteiger charge is -2.23. The summed E-state index contributed by atoms with van der Waals surface area (Å²) in [6, 6.07) is 14.8. The van der Waals surface area contributed by atoms with Gasteiger partial charge in [-0.25, -0.2) is 0 Å². The van der Waals surface area contributed by atoms with E-state index in [2.05, 4.69) is 10.2 Å². The van der Waals surface area contributed by atoms with E-state index >= 15 is 0 Å². The third kappa shape index (κ3) is 6.80. The Morgan fingerprint density at radius 1 is 1.06 bits per heavy atom. The van der Waals surface area contributed by atoms with Crippen molar-refractivity contribution in [3.8, 4) is 17.2 Å². The first-order valence-electron chi connectivity index (χ1n) is 15.1. The maximum atomic E-state index is 13.8. The number of aromatic nitrogens is 2. The molecule has 13 heteroatoms. The Bertz CT molecular complexity index is 1880. The molecule has 47 heavy (non-hydrogen) atoms. The number of rotatable bonds is 11. The Hall–Kier alpha value is -3.77. The van der Waals surface area contributed by atoms with Crippen molar-refractivity contribution in [3.05, 3.63) is 92.5 Å². The van der Waals surface area contributed by atoms with Crippen LogP contribution in [0.1, 0.15) is 55.5 Å². The monoisotopic (exact) mass is 711 g/mol. The number of Topliss-reactive ketones (excluding diaryl/α,β-unsaturated/α-hetero) is 1. The number of benzene rings is 3. The van der Waals surface area contributed by atoms with Crippen molar-refractivity contribution in [2.45, 2.75) is 55.9 Å². The Morgan fingerprint density at radius 2 is 1.89 bits per heavy atom. The number of aliphatic hydroxyl groups is 1. The Labute approximate surface area is 290 Å². The summed E-state index contributed by atoms with van der Waals surface area (Å²) in [5, 5.41) is 21.6. The summed E-state index contributed by atoms with van der Waals surface area (Å²) in [7, 11) is 0. The summed E-state index contributed by atoms with van der Waals surface area (Å²) < 4.78 is 18.2. The molecule has 1 N–H and O–H groups in total. The SMILES string of the molecule is CCCOc1ccc(C2/C(=C(\O)c3ccc4c(c3)CC(C)O4)C(=O)C(=O)N2c2nnc(SCc3ccc(Cl)cc3Cl)s2)cc1OCC. The zero-order chi connectivity index (χ0) is 33.2. The molecular weight excluding hydrogens is 681 g/mol. The average molecular weight is 713 g/mol. The number of ether oxygens (including phenoxy) is 3. The minimum Gasteiger partial charge on any atom is -0.507 e. The van der Waals surface area contributed by atoms with Crippen molar-refractivity contribution >= 4 is 68.9 Å². The molecule has 3 aromatic carbocycles. The smallest absolute Gasteiger partial charge is 0.301 e. The summed E-state index contributed by atoms with van der Waals surface area (Å²) in [5.41, 5.74) is 2.65. The average Bonchev–Trinajstić information content (AvgIpc) is 3.74. The van der Waals surface area contributed by atoms with E-state index < -0.39 is 17.7 Å². The topological polar surface area (TPSA) is 111 Å². The number of carbonyl (C=O) groups is 2. The van der Waals surface area contributed by atoms with Gasteiger partial charge in [0.25, 0.3) is 5.78 Å². The lowest BCUT2D eigenvalue weighted by molar-refractivity contribution is -0.132. The number of carbonyl (C=O) groups excluding carboxylic acids is 2. The van der Waals surface area contributed by atoms with Gasteiger partial charge in [0.05, 0.1) is 24.8 Å². The molecular formula is C34H31Cl2N3O6S2. The van der Waals surface area contributed by atoms with Crippen LogP contribution in [0.4, 0.5) is 5.13 Å². The normalized spacial score (nSPS) is 18.4. The Balaban J connectivity index is 1.42. The van der Waals surface area contributed by atoms with E-state index in [1.54, 1.807) is 48.5 Å². The molecule has 6 rings (SSSR count). The molecule has 1 saturated heterocycles. The second-order valence-electron chi connectivity index (χ2n) is 11.0. The first kappa shape index (κ1) is 33.1. The van der Waals surface area contributed by atoms with Crippen molar-refractivity contribution in [3.63, 3.8) is 0 Å². The van der Waals surface area contributed by atoms with Gasteiger partial charge in [-0.15, -0.1) is 10.2 Å². The van der Waals surface area contributed by atoms with Crippen LogP contribution in [0.2, 0.25) is 10.0 Å². The molecule has 2 unspecified atom stereocenters. The lowest BCUT2D eigenvalue weighted by Crippen LogP contribution is -2.29. The number of fused-ring (bicyclic) bond motifs is 1. The van der Waals surface area contributed by atoms with Gasteiger partial charge >= 0.3 is 5.91 Å². The number of thioether (sulfide) groups is 1. The van der Waals surface area contributed by atoms with Gasteiger partial charge in [-0.2, -0.15) is 0 Å². The molecule has 0 saturated carbocycles. The van der Waals surface area contributed by atoms with Gasteiger partial charge < -0.3 is 19.3 Å². The first-order chi connectivity index (χ1) is 22.7. The van der Waals surface area contributed by atoms with Gasteiger partial charge in [0.1, 0.15) is 17.6 Å². The molecule has 1 fully saturated rings. The quantitative estimate of drug-likeness (QED) is 0.0540. The van der Waals surface area contributed by atoms with Crippen LogP contribution in [0.3, 0.4) is 0 Å². The molecule has 1 aromatic heterocycles. The molecule has 2 atom stereocenters. The number of hydrogen-bond acceptors (Lipinski definition) is 10. The largest absolute Gasteiger partial charge is 0.507 e. The highest BCUT2D eigenvalue weighted by atomic mass is 35.5. The molecule has 4 aromatic rings. The molecule has 0 aliphatic carbocycles. The molecule has 3 heterocycles. The number of ketones is 1. The van der Waals surface area contributed by atoms with Crippen molar-refractivity contribution in [1.29, 1.82) is 0 Å². The fraction of sp³-hybridized carbons (Fsp3) is 0.294. The number of amides is 1. The summed E-state index contributed by atoms with van der Waals surface area (Å²) in [4.78, 5) is 28.9. The fourth-order valence-electron chi connectivity index (χ4n) is 5.50. The summed E-state index contributed by atoms with van der Waals surface area (Å²) in [6.45, 7) is 6.69. The lowest BCUT2D eigenvalue weighted by atomic mass is 9.94. The highest BCUT2D eigenvalue weighted by Gasteiger charge is 2.48. The second-order valence-corrected chi connectivity index (χ2v) is 14.0. The number of halogens is 2. The van der Waals surface area contributed by atoms with E-state index in [1.165, 1.54) is 28.0 Å². The van der Waals surface area contributed by atoms with Crippen molar-refractivity contribution in [1.82, 2.24) is 10.2 Å².